The summed E-state index contributed by atoms with van der Waals surface area (Å²) in [6.45, 7) is 6.82. The van der Waals surface area contributed by atoms with Gasteiger partial charge in [0, 0.05) is 19.6 Å². The SMILES string of the molecule is C=CCNC(=O)[C@H](C)Sc1nc2cc(S(=O)(=O)N3CCCCC3)ccc2o1. The van der Waals surface area contributed by atoms with E-state index in [0.717, 1.165) is 19.3 Å². The van der Waals surface area contributed by atoms with Crippen molar-refractivity contribution in [1.82, 2.24) is 14.6 Å². The van der Waals surface area contributed by atoms with Gasteiger partial charge in [0.1, 0.15) is 5.52 Å². The lowest BCUT2D eigenvalue weighted by Gasteiger charge is -2.25. The van der Waals surface area contributed by atoms with Crippen LogP contribution < -0.4 is 5.32 Å². The summed E-state index contributed by atoms with van der Waals surface area (Å²) >= 11 is 1.19. The Hall–Kier alpha value is -1.84. The van der Waals surface area contributed by atoms with Crippen LogP contribution in [0.2, 0.25) is 0 Å². The predicted molar refractivity (Wildman–Crippen MR) is 105 cm³/mol. The van der Waals surface area contributed by atoms with Gasteiger partial charge in [-0.25, -0.2) is 13.4 Å². The monoisotopic (exact) mass is 409 g/mol. The molecular formula is C18H23N3O4S2. The van der Waals surface area contributed by atoms with Crippen molar-refractivity contribution < 1.29 is 17.6 Å². The molecule has 1 aliphatic rings. The zero-order valence-electron chi connectivity index (χ0n) is 15.2. The first-order valence-corrected chi connectivity index (χ1v) is 11.2. The van der Waals surface area contributed by atoms with Crippen molar-refractivity contribution in [2.24, 2.45) is 0 Å². The van der Waals surface area contributed by atoms with Gasteiger partial charge in [-0.05, 0) is 38.0 Å². The smallest absolute Gasteiger partial charge is 0.257 e. The van der Waals surface area contributed by atoms with Crippen molar-refractivity contribution in [1.29, 1.82) is 0 Å². The Kier molecular flexibility index (Phi) is 6.23. The number of piperidine rings is 1. The number of hydrogen-bond acceptors (Lipinski definition) is 6. The molecule has 0 radical (unpaired) electrons. The molecule has 1 saturated heterocycles. The van der Waals surface area contributed by atoms with Gasteiger partial charge < -0.3 is 9.73 Å². The van der Waals surface area contributed by atoms with Crippen LogP contribution in [0.1, 0.15) is 26.2 Å². The van der Waals surface area contributed by atoms with Crippen molar-refractivity contribution in [2.45, 2.75) is 41.6 Å². The quantitative estimate of drug-likeness (QED) is 0.558. The van der Waals surface area contributed by atoms with Gasteiger partial charge in [0.05, 0.1) is 10.1 Å². The molecule has 2 aromatic rings. The molecule has 1 fully saturated rings. The number of oxazole rings is 1. The summed E-state index contributed by atoms with van der Waals surface area (Å²) in [5.74, 6) is -0.143. The number of benzene rings is 1. The first kappa shape index (κ1) is 19.9. The van der Waals surface area contributed by atoms with Gasteiger partial charge in [-0.1, -0.05) is 24.3 Å². The second-order valence-corrected chi connectivity index (χ2v) is 9.60. The molecule has 1 aliphatic heterocycles. The van der Waals surface area contributed by atoms with Crippen LogP contribution in [0.4, 0.5) is 0 Å². The topological polar surface area (TPSA) is 92.5 Å². The van der Waals surface area contributed by atoms with Gasteiger partial charge in [0.15, 0.2) is 5.58 Å². The number of carbonyl (C=O) groups is 1. The zero-order valence-corrected chi connectivity index (χ0v) is 16.8. The van der Waals surface area contributed by atoms with Crippen LogP contribution >= 0.6 is 11.8 Å². The van der Waals surface area contributed by atoms with Crippen LogP contribution in [0.5, 0.6) is 0 Å². The van der Waals surface area contributed by atoms with E-state index < -0.39 is 15.3 Å². The Bertz CT molecular complexity index is 933. The Labute approximate surface area is 163 Å². The number of hydrogen-bond donors (Lipinski definition) is 1. The minimum Gasteiger partial charge on any atom is -0.431 e. The van der Waals surface area contributed by atoms with Crippen LogP contribution in [0.25, 0.3) is 11.1 Å². The third-order valence-electron chi connectivity index (χ3n) is 4.36. The molecule has 0 aliphatic carbocycles. The summed E-state index contributed by atoms with van der Waals surface area (Å²) in [5, 5.41) is 2.66. The van der Waals surface area contributed by atoms with Crippen LogP contribution in [-0.4, -0.2) is 48.5 Å². The average molecular weight is 410 g/mol. The molecule has 0 bridgehead atoms. The van der Waals surface area contributed by atoms with Gasteiger partial charge in [-0.2, -0.15) is 4.31 Å². The first-order valence-electron chi connectivity index (χ1n) is 8.88. The Morgan fingerprint density at radius 3 is 2.85 bits per heavy atom. The molecule has 3 rings (SSSR count). The largest absolute Gasteiger partial charge is 0.431 e. The molecule has 2 heterocycles. The molecule has 1 atom stereocenters. The number of fused-ring (bicyclic) bond motifs is 1. The van der Waals surface area contributed by atoms with Crippen molar-refractivity contribution in [3.05, 3.63) is 30.9 Å². The lowest BCUT2D eigenvalue weighted by Crippen LogP contribution is -2.35. The Morgan fingerprint density at radius 1 is 1.41 bits per heavy atom. The second kappa shape index (κ2) is 8.45. The highest BCUT2D eigenvalue weighted by atomic mass is 32.2. The van der Waals surface area contributed by atoms with E-state index in [1.807, 2.05) is 0 Å². The number of amides is 1. The minimum atomic E-state index is -3.52. The molecule has 0 saturated carbocycles. The fraction of sp³-hybridized carbons (Fsp3) is 0.444. The number of rotatable bonds is 7. The standard InChI is InChI=1S/C18H23N3O4S2/c1-3-9-19-17(22)13(2)26-18-20-15-12-14(7-8-16(15)25-18)27(23,24)21-10-5-4-6-11-21/h3,7-8,12-13H,1,4-6,9-11H2,2H3,(H,19,22)/t13-/m0/s1. The molecule has 27 heavy (non-hydrogen) atoms. The molecule has 0 unspecified atom stereocenters. The Balaban J connectivity index is 1.78. The molecule has 9 heteroatoms. The van der Waals surface area contributed by atoms with Crippen LogP contribution in [0.3, 0.4) is 0 Å². The van der Waals surface area contributed by atoms with Crippen LogP contribution in [0, 0.1) is 0 Å². The normalized spacial score (nSPS) is 16.9. The molecule has 1 N–H and O–H groups in total. The maximum Gasteiger partial charge on any atom is 0.257 e. The lowest BCUT2D eigenvalue weighted by atomic mass is 10.2. The summed E-state index contributed by atoms with van der Waals surface area (Å²) in [6.07, 6.45) is 4.45. The highest BCUT2D eigenvalue weighted by Crippen LogP contribution is 2.29. The minimum absolute atomic E-state index is 0.143. The number of thioether (sulfide) groups is 1. The van der Waals surface area contributed by atoms with Gasteiger partial charge in [-0.3, -0.25) is 4.79 Å². The van der Waals surface area contributed by atoms with Crippen molar-refractivity contribution in [3.8, 4) is 0 Å². The lowest BCUT2D eigenvalue weighted by molar-refractivity contribution is -0.120. The van der Waals surface area contributed by atoms with E-state index in [0.29, 0.717) is 36.0 Å². The van der Waals surface area contributed by atoms with E-state index in [-0.39, 0.29) is 10.8 Å². The molecule has 7 nitrogen and oxygen atoms in total. The number of nitrogens with one attached hydrogen (secondary N) is 1. The molecular weight excluding hydrogens is 386 g/mol. The maximum absolute atomic E-state index is 12.8. The summed E-state index contributed by atoms with van der Waals surface area (Å²) < 4.78 is 32.8. The molecule has 1 amide bonds. The third kappa shape index (κ3) is 4.53. The third-order valence-corrected chi connectivity index (χ3v) is 7.20. The van der Waals surface area contributed by atoms with Crippen molar-refractivity contribution in [3.63, 3.8) is 0 Å². The maximum atomic E-state index is 12.8. The van der Waals surface area contributed by atoms with Crippen LogP contribution in [-0.2, 0) is 14.8 Å². The fourth-order valence-electron chi connectivity index (χ4n) is 2.87. The van der Waals surface area contributed by atoms with Gasteiger partial charge in [0.25, 0.3) is 5.22 Å². The van der Waals surface area contributed by atoms with E-state index in [1.54, 1.807) is 25.1 Å². The fourth-order valence-corrected chi connectivity index (χ4v) is 5.19. The van der Waals surface area contributed by atoms with Crippen LogP contribution in [0.15, 0.2) is 45.4 Å². The predicted octanol–water partition coefficient (Wildman–Crippen LogP) is 2.79. The Morgan fingerprint density at radius 2 is 2.15 bits per heavy atom. The van der Waals surface area contributed by atoms with E-state index >= 15 is 0 Å². The summed E-state index contributed by atoms with van der Waals surface area (Å²) in [5.41, 5.74) is 0.961. The van der Waals surface area contributed by atoms with Crippen molar-refractivity contribution in [2.75, 3.05) is 19.6 Å². The van der Waals surface area contributed by atoms with E-state index in [2.05, 4.69) is 16.9 Å². The zero-order chi connectivity index (χ0) is 19.4. The summed E-state index contributed by atoms with van der Waals surface area (Å²) in [4.78, 5) is 16.5. The number of carbonyl (C=O) groups excluding carboxylic acids is 1. The van der Waals surface area contributed by atoms with E-state index in [9.17, 15) is 13.2 Å². The van der Waals surface area contributed by atoms with Gasteiger partial charge in [0.2, 0.25) is 15.9 Å². The number of aromatic nitrogens is 1. The average Bonchev–Trinajstić information content (AvgIpc) is 3.08. The molecule has 0 spiro atoms. The molecule has 1 aromatic carbocycles. The van der Waals surface area contributed by atoms with E-state index in [1.165, 1.54) is 22.1 Å². The summed E-state index contributed by atoms with van der Waals surface area (Å²) in [7, 11) is -3.52. The second-order valence-electron chi connectivity index (χ2n) is 6.37. The first-order chi connectivity index (χ1) is 12.9. The van der Waals surface area contributed by atoms with Crippen molar-refractivity contribution >= 4 is 38.8 Å². The van der Waals surface area contributed by atoms with E-state index in [4.69, 9.17) is 4.42 Å². The highest BCUT2D eigenvalue weighted by Gasteiger charge is 2.27. The molecule has 1 aromatic heterocycles. The number of sulfonamides is 1. The molecule has 146 valence electrons. The summed E-state index contributed by atoms with van der Waals surface area (Å²) in [6, 6.07) is 4.70. The van der Waals surface area contributed by atoms with Gasteiger partial charge >= 0.3 is 0 Å². The van der Waals surface area contributed by atoms with Gasteiger partial charge in [-0.15, -0.1) is 6.58 Å². The number of nitrogens with zero attached hydrogens (tertiary/aromatic N) is 2. The highest BCUT2D eigenvalue weighted by molar-refractivity contribution is 8.00.